The Bertz CT molecular complexity index is 1300. The predicted octanol–water partition coefficient (Wildman–Crippen LogP) is -1.16. The van der Waals surface area contributed by atoms with Crippen LogP contribution in [0.25, 0.3) is 0 Å². The molecular formula is C29H33FN2O11. The Hall–Kier alpha value is -4.10. The van der Waals surface area contributed by atoms with Gasteiger partial charge >= 0.3 is 5.97 Å². The summed E-state index contributed by atoms with van der Waals surface area (Å²) in [4.78, 5) is 36.7. The maximum absolute atomic E-state index is 13.9. The Balaban J connectivity index is 1.75. The van der Waals surface area contributed by atoms with Gasteiger partial charge in [0.15, 0.2) is 0 Å². The molecule has 0 spiro atoms. The van der Waals surface area contributed by atoms with Crippen LogP contribution in [0, 0.1) is 18.2 Å². The number of aliphatic hydroxyl groups is 4. The number of halogens is 1. The van der Waals surface area contributed by atoms with E-state index in [1.165, 1.54) is 24.3 Å². The first kappa shape index (κ1) is 33.4. The first-order valence-electron chi connectivity index (χ1n) is 13.1. The zero-order valence-electron chi connectivity index (χ0n) is 22.9. The van der Waals surface area contributed by atoms with Crippen molar-refractivity contribution in [3.63, 3.8) is 0 Å². The van der Waals surface area contributed by atoms with Gasteiger partial charge in [-0.05, 0) is 29.3 Å². The summed E-state index contributed by atoms with van der Waals surface area (Å²) < 4.78 is 30.4. The fourth-order valence-corrected chi connectivity index (χ4v) is 4.39. The second kappa shape index (κ2) is 15.4. The van der Waals surface area contributed by atoms with E-state index >= 15 is 0 Å². The fourth-order valence-electron chi connectivity index (χ4n) is 4.39. The normalized spacial score (nSPS) is 22.9. The van der Waals surface area contributed by atoms with Crippen molar-refractivity contribution in [2.45, 2.75) is 55.7 Å². The molecule has 0 aromatic heterocycles. The van der Waals surface area contributed by atoms with Gasteiger partial charge in [0.25, 0.3) is 5.79 Å². The zero-order chi connectivity index (χ0) is 31.6. The van der Waals surface area contributed by atoms with Crippen molar-refractivity contribution < 1.29 is 58.5 Å². The van der Waals surface area contributed by atoms with Gasteiger partial charge in [0.1, 0.15) is 37.0 Å². The second-order valence-corrected chi connectivity index (χ2v) is 9.72. The lowest BCUT2D eigenvalue weighted by atomic mass is 9.88. The molecule has 14 heteroatoms. The molecular weight excluding hydrogens is 571 g/mol. The standard InChI is InChI=1S/C29H33FN2O11/c1-2-11-41-19-9-7-17(8-10-19)16-42-29(28(39)40)13-21(34)25(32-24(37)15-33)27(43-29)26(38)22(35)14-31-23(36)12-18-5-3-4-6-20(18)30/h1,3-10,21-22,25-27,33-35,38H,11-16H2,(H,31,36)(H,32,37)(H,39,40)/t21-,22+,25+,26+,27+,29+/m0/s1. The minimum atomic E-state index is -2.54. The summed E-state index contributed by atoms with van der Waals surface area (Å²) in [6, 6.07) is 10.4. The average Bonchev–Trinajstić information content (AvgIpc) is 2.99. The van der Waals surface area contributed by atoms with Gasteiger partial charge in [-0.15, -0.1) is 6.42 Å². The van der Waals surface area contributed by atoms with E-state index in [2.05, 4.69) is 16.6 Å². The van der Waals surface area contributed by atoms with Crippen LogP contribution in [0.15, 0.2) is 48.5 Å². The number of aliphatic hydroxyl groups excluding tert-OH is 4. The number of aliphatic carboxylic acids is 1. The number of carboxylic acids is 1. The lowest BCUT2D eigenvalue weighted by Gasteiger charge is -2.46. The number of hydrogen-bond donors (Lipinski definition) is 7. The fraction of sp³-hybridized carbons (Fsp3) is 0.414. The minimum absolute atomic E-state index is 0.0442. The van der Waals surface area contributed by atoms with Gasteiger partial charge in [0.2, 0.25) is 11.8 Å². The van der Waals surface area contributed by atoms with Crippen molar-refractivity contribution in [2.24, 2.45) is 0 Å². The first-order chi connectivity index (χ1) is 20.5. The highest BCUT2D eigenvalue weighted by atomic mass is 19.1. The minimum Gasteiger partial charge on any atom is -0.481 e. The smallest absolute Gasteiger partial charge is 0.364 e. The van der Waals surface area contributed by atoms with Gasteiger partial charge < -0.3 is 50.4 Å². The second-order valence-electron chi connectivity index (χ2n) is 9.72. The van der Waals surface area contributed by atoms with Gasteiger partial charge in [-0.3, -0.25) is 9.59 Å². The molecule has 2 amide bonds. The highest BCUT2D eigenvalue weighted by Crippen LogP contribution is 2.34. The monoisotopic (exact) mass is 604 g/mol. The third-order valence-corrected chi connectivity index (χ3v) is 6.64. The van der Waals surface area contributed by atoms with Crippen LogP contribution in [0.5, 0.6) is 5.75 Å². The van der Waals surface area contributed by atoms with Crippen LogP contribution in [-0.4, -0.2) is 99.3 Å². The van der Waals surface area contributed by atoms with E-state index in [9.17, 15) is 44.3 Å². The van der Waals surface area contributed by atoms with Gasteiger partial charge in [-0.25, -0.2) is 9.18 Å². The summed E-state index contributed by atoms with van der Waals surface area (Å²) in [6.45, 7) is -1.87. The number of carbonyl (C=O) groups excluding carboxylic acids is 2. The maximum Gasteiger partial charge on any atom is 0.364 e. The van der Waals surface area contributed by atoms with Crippen molar-refractivity contribution in [2.75, 3.05) is 19.8 Å². The molecule has 43 heavy (non-hydrogen) atoms. The van der Waals surface area contributed by atoms with E-state index in [1.807, 2.05) is 0 Å². The van der Waals surface area contributed by atoms with Crippen LogP contribution in [0.4, 0.5) is 4.39 Å². The molecule has 0 unspecified atom stereocenters. The third-order valence-electron chi connectivity index (χ3n) is 6.64. The molecule has 13 nitrogen and oxygen atoms in total. The lowest BCUT2D eigenvalue weighted by Crippen LogP contribution is -2.68. The molecule has 0 bridgehead atoms. The van der Waals surface area contributed by atoms with E-state index in [-0.39, 0.29) is 25.2 Å². The molecule has 6 atom stereocenters. The molecule has 1 aliphatic heterocycles. The molecule has 0 radical (unpaired) electrons. The zero-order valence-corrected chi connectivity index (χ0v) is 22.9. The highest BCUT2D eigenvalue weighted by molar-refractivity contribution is 5.79. The Morgan fingerprint density at radius 2 is 1.84 bits per heavy atom. The van der Waals surface area contributed by atoms with E-state index in [4.69, 9.17) is 20.6 Å². The third kappa shape index (κ3) is 8.94. The van der Waals surface area contributed by atoms with Gasteiger partial charge in [-0.2, -0.15) is 0 Å². The van der Waals surface area contributed by atoms with Crippen molar-refractivity contribution in [3.8, 4) is 18.1 Å². The number of benzene rings is 2. The van der Waals surface area contributed by atoms with Crippen molar-refractivity contribution in [1.82, 2.24) is 10.6 Å². The van der Waals surface area contributed by atoms with Crippen LogP contribution in [0.1, 0.15) is 17.5 Å². The SMILES string of the molecule is C#CCOc1ccc(CO[C@]2(C(=O)O)C[C@H](O)[C@@H](NC(=O)CO)[C@H]([C@H](O)[C@H](O)CNC(=O)Cc3ccccc3F)O2)cc1. The summed E-state index contributed by atoms with van der Waals surface area (Å²) in [7, 11) is 0. The van der Waals surface area contributed by atoms with E-state index < -0.39 is 79.4 Å². The topological polar surface area (TPSA) is 204 Å². The summed E-state index contributed by atoms with van der Waals surface area (Å²) in [5, 5.41) is 56.3. The quantitative estimate of drug-likeness (QED) is 0.128. The molecule has 1 heterocycles. The van der Waals surface area contributed by atoms with Crippen LogP contribution in [0.2, 0.25) is 0 Å². The van der Waals surface area contributed by atoms with E-state index in [1.54, 1.807) is 24.3 Å². The number of hydrogen-bond acceptors (Lipinski definition) is 10. The van der Waals surface area contributed by atoms with E-state index in [0.717, 1.165) is 0 Å². The Morgan fingerprint density at radius 1 is 1.14 bits per heavy atom. The number of carbonyl (C=O) groups is 3. The number of rotatable bonds is 14. The van der Waals surface area contributed by atoms with E-state index in [0.29, 0.717) is 11.3 Å². The lowest BCUT2D eigenvalue weighted by molar-refractivity contribution is -0.314. The number of carboxylic acid groups (broad SMARTS) is 1. The number of ether oxygens (including phenoxy) is 3. The molecule has 1 saturated heterocycles. The van der Waals surface area contributed by atoms with Crippen LogP contribution < -0.4 is 15.4 Å². The van der Waals surface area contributed by atoms with Gasteiger partial charge in [-0.1, -0.05) is 36.3 Å². The summed E-state index contributed by atoms with van der Waals surface area (Å²) >= 11 is 0. The number of amides is 2. The first-order valence-corrected chi connectivity index (χ1v) is 13.1. The van der Waals surface area contributed by atoms with Crippen molar-refractivity contribution >= 4 is 17.8 Å². The molecule has 232 valence electrons. The Morgan fingerprint density at radius 3 is 2.47 bits per heavy atom. The van der Waals surface area contributed by atoms with Crippen LogP contribution in [-0.2, 0) is 36.9 Å². The predicted molar refractivity (Wildman–Crippen MR) is 146 cm³/mol. The van der Waals surface area contributed by atoms with Crippen molar-refractivity contribution in [1.29, 1.82) is 0 Å². The van der Waals surface area contributed by atoms with Crippen LogP contribution >= 0.6 is 0 Å². The largest absolute Gasteiger partial charge is 0.481 e. The molecule has 0 aliphatic carbocycles. The summed E-state index contributed by atoms with van der Waals surface area (Å²) in [5.41, 5.74) is 0.579. The molecule has 2 aromatic carbocycles. The summed E-state index contributed by atoms with van der Waals surface area (Å²) in [5.74, 6) is -3.71. The molecule has 1 fully saturated rings. The Kier molecular flexibility index (Phi) is 12.0. The highest BCUT2D eigenvalue weighted by Gasteiger charge is 2.55. The maximum atomic E-state index is 13.9. The molecule has 0 saturated carbocycles. The molecule has 2 aromatic rings. The van der Waals surface area contributed by atoms with Crippen molar-refractivity contribution in [3.05, 3.63) is 65.5 Å². The number of terminal acetylenes is 1. The van der Waals surface area contributed by atoms with Gasteiger partial charge in [0, 0.05) is 13.0 Å². The van der Waals surface area contributed by atoms with Gasteiger partial charge in [0.05, 0.1) is 31.3 Å². The summed E-state index contributed by atoms with van der Waals surface area (Å²) in [6.07, 6.45) is -3.21. The molecule has 3 rings (SSSR count). The number of nitrogens with one attached hydrogen (secondary N) is 2. The average molecular weight is 605 g/mol. The Labute approximate surface area is 246 Å². The van der Waals surface area contributed by atoms with Crippen LogP contribution in [0.3, 0.4) is 0 Å². The molecule has 7 N–H and O–H groups in total. The molecule has 1 aliphatic rings.